The Bertz CT molecular complexity index is 900. The molecule has 0 spiro atoms. The summed E-state index contributed by atoms with van der Waals surface area (Å²) < 4.78 is 32.6. The summed E-state index contributed by atoms with van der Waals surface area (Å²) >= 11 is 0. The Morgan fingerprint density at radius 2 is 1.77 bits per heavy atom. The fourth-order valence-electron chi connectivity index (χ4n) is 5.04. The van der Waals surface area contributed by atoms with Crippen molar-refractivity contribution >= 4 is 5.91 Å². The van der Waals surface area contributed by atoms with Crippen LogP contribution < -0.4 is 10.1 Å². The van der Waals surface area contributed by atoms with Crippen molar-refractivity contribution in [2.45, 2.75) is 57.2 Å². The normalized spacial score (nSPS) is 22.0. The first kappa shape index (κ1) is 21.8. The zero-order valence-electron chi connectivity index (χ0n) is 17.9. The summed E-state index contributed by atoms with van der Waals surface area (Å²) in [5.41, 5.74) is 1.66. The van der Waals surface area contributed by atoms with Crippen molar-refractivity contribution in [2.75, 3.05) is 13.7 Å². The maximum Gasteiger partial charge on any atom is 0.226 e. The van der Waals surface area contributed by atoms with Gasteiger partial charge in [-0.05, 0) is 30.9 Å². The van der Waals surface area contributed by atoms with Crippen molar-refractivity contribution in [1.29, 1.82) is 0 Å². The van der Waals surface area contributed by atoms with E-state index < -0.39 is 11.6 Å². The summed E-state index contributed by atoms with van der Waals surface area (Å²) in [4.78, 5) is 15.4. The molecule has 2 aromatic rings. The molecule has 1 saturated heterocycles. The number of hydrogen-bond donors (Lipinski definition) is 1. The standard InChI is InChI=1S/C25H30F2N2O2/c1-31-23-15-21(27)20(26)14-19(23)16-28-22-12-13-29(24(22)17-8-4-2-5-9-17)25(30)18-10-6-3-7-11-18/h2,4-5,8-9,14-15,18,22,24,28H,3,6-7,10-13,16H2,1H3. The Balaban J connectivity index is 1.54. The number of carbonyl (C=O) groups excluding carboxylic acids is 1. The van der Waals surface area contributed by atoms with Crippen molar-refractivity contribution in [3.8, 4) is 5.75 Å². The van der Waals surface area contributed by atoms with Gasteiger partial charge in [0.1, 0.15) is 5.75 Å². The van der Waals surface area contributed by atoms with Crippen LogP contribution in [0.5, 0.6) is 5.75 Å². The molecule has 2 atom stereocenters. The molecule has 0 aromatic heterocycles. The van der Waals surface area contributed by atoms with Crippen LogP contribution in [0.4, 0.5) is 8.78 Å². The zero-order valence-corrected chi connectivity index (χ0v) is 17.9. The molecule has 2 aromatic carbocycles. The first-order chi connectivity index (χ1) is 15.1. The topological polar surface area (TPSA) is 41.6 Å². The van der Waals surface area contributed by atoms with Gasteiger partial charge < -0.3 is 15.0 Å². The molecule has 0 bridgehead atoms. The summed E-state index contributed by atoms with van der Waals surface area (Å²) in [5.74, 6) is -1.13. The van der Waals surface area contributed by atoms with E-state index in [0.29, 0.717) is 24.4 Å². The Labute approximate surface area is 182 Å². The van der Waals surface area contributed by atoms with Gasteiger partial charge in [-0.2, -0.15) is 0 Å². The summed E-state index contributed by atoms with van der Waals surface area (Å²) in [6.07, 6.45) is 6.22. The monoisotopic (exact) mass is 428 g/mol. The maximum absolute atomic E-state index is 13.8. The second kappa shape index (κ2) is 9.77. The lowest BCUT2D eigenvalue weighted by Crippen LogP contribution is -2.41. The lowest BCUT2D eigenvalue weighted by atomic mass is 9.87. The smallest absolute Gasteiger partial charge is 0.226 e. The van der Waals surface area contributed by atoms with Crippen molar-refractivity contribution < 1.29 is 18.3 Å². The fourth-order valence-corrected chi connectivity index (χ4v) is 5.04. The largest absolute Gasteiger partial charge is 0.496 e. The van der Waals surface area contributed by atoms with Crippen LogP contribution in [0.3, 0.4) is 0 Å². The second-order valence-electron chi connectivity index (χ2n) is 8.58. The zero-order chi connectivity index (χ0) is 21.8. The number of nitrogens with one attached hydrogen (secondary N) is 1. The summed E-state index contributed by atoms with van der Waals surface area (Å²) in [6.45, 7) is 1.03. The molecule has 0 radical (unpaired) electrons. The third kappa shape index (κ3) is 4.74. The van der Waals surface area contributed by atoms with E-state index in [4.69, 9.17) is 4.74 Å². The number of amides is 1. The predicted molar refractivity (Wildman–Crippen MR) is 116 cm³/mol. The molecule has 2 aliphatic rings. The number of methoxy groups -OCH3 is 1. The average Bonchev–Trinajstić information content (AvgIpc) is 3.24. The van der Waals surface area contributed by atoms with Gasteiger partial charge in [0.15, 0.2) is 11.6 Å². The molecule has 1 aliphatic carbocycles. The molecule has 1 N–H and O–H groups in total. The molecule has 4 nitrogen and oxygen atoms in total. The van der Waals surface area contributed by atoms with E-state index in [9.17, 15) is 13.6 Å². The van der Waals surface area contributed by atoms with Gasteiger partial charge in [0, 0.05) is 36.7 Å². The lowest BCUT2D eigenvalue weighted by molar-refractivity contribution is -0.137. The molecule has 1 saturated carbocycles. The van der Waals surface area contributed by atoms with Gasteiger partial charge in [-0.1, -0.05) is 49.6 Å². The maximum atomic E-state index is 13.8. The third-order valence-electron chi connectivity index (χ3n) is 6.65. The van der Waals surface area contributed by atoms with E-state index in [-0.39, 0.29) is 23.9 Å². The molecule has 2 unspecified atom stereocenters. The van der Waals surface area contributed by atoms with Crippen molar-refractivity contribution in [2.24, 2.45) is 5.92 Å². The first-order valence-corrected chi connectivity index (χ1v) is 11.2. The summed E-state index contributed by atoms with van der Waals surface area (Å²) in [6, 6.07) is 12.3. The van der Waals surface area contributed by atoms with E-state index in [1.54, 1.807) is 0 Å². The third-order valence-corrected chi connectivity index (χ3v) is 6.65. The number of likely N-dealkylation sites (tertiary alicyclic amines) is 1. The van der Waals surface area contributed by atoms with Crippen molar-refractivity contribution in [1.82, 2.24) is 10.2 Å². The number of carbonyl (C=O) groups is 1. The van der Waals surface area contributed by atoms with E-state index in [1.807, 2.05) is 23.1 Å². The van der Waals surface area contributed by atoms with Crippen LogP contribution in [0.1, 0.15) is 55.7 Å². The van der Waals surface area contributed by atoms with E-state index in [1.165, 1.54) is 19.6 Å². The van der Waals surface area contributed by atoms with E-state index >= 15 is 0 Å². The molecule has 2 fully saturated rings. The van der Waals surface area contributed by atoms with Crippen LogP contribution in [0.25, 0.3) is 0 Å². The molecule has 1 aliphatic heterocycles. The Hall–Kier alpha value is -2.47. The summed E-state index contributed by atoms with van der Waals surface area (Å²) in [7, 11) is 1.45. The SMILES string of the molecule is COc1cc(F)c(F)cc1CNC1CCN(C(=O)C2CCCCC2)C1c1ccccc1. The highest BCUT2D eigenvalue weighted by Gasteiger charge is 2.40. The van der Waals surface area contributed by atoms with Gasteiger partial charge >= 0.3 is 0 Å². The highest BCUT2D eigenvalue weighted by molar-refractivity contribution is 5.80. The first-order valence-electron chi connectivity index (χ1n) is 11.2. The van der Waals surface area contributed by atoms with Gasteiger partial charge in [-0.15, -0.1) is 0 Å². The average molecular weight is 429 g/mol. The molecule has 31 heavy (non-hydrogen) atoms. The van der Waals surface area contributed by atoms with Crippen LogP contribution in [0.2, 0.25) is 0 Å². The quantitative estimate of drug-likeness (QED) is 0.705. The molecule has 166 valence electrons. The van der Waals surface area contributed by atoms with Crippen molar-refractivity contribution in [3.63, 3.8) is 0 Å². The minimum atomic E-state index is -0.923. The summed E-state index contributed by atoms with van der Waals surface area (Å²) in [5, 5.41) is 3.49. The minimum Gasteiger partial charge on any atom is -0.496 e. The second-order valence-corrected chi connectivity index (χ2v) is 8.58. The van der Waals surface area contributed by atoms with Crippen LogP contribution in [-0.2, 0) is 11.3 Å². The van der Waals surface area contributed by atoms with Gasteiger partial charge in [0.25, 0.3) is 0 Å². The Morgan fingerprint density at radius 1 is 1.06 bits per heavy atom. The van der Waals surface area contributed by atoms with Gasteiger partial charge in [0.2, 0.25) is 5.91 Å². The molecule has 4 rings (SSSR count). The van der Waals surface area contributed by atoms with Crippen LogP contribution in [0.15, 0.2) is 42.5 Å². The predicted octanol–water partition coefficient (Wildman–Crippen LogP) is 4.99. The van der Waals surface area contributed by atoms with Crippen LogP contribution >= 0.6 is 0 Å². The van der Waals surface area contributed by atoms with E-state index in [0.717, 1.165) is 43.7 Å². The minimum absolute atomic E-state index is 0.0211. The van der Waals surface area contributed by atoms with Crippen LogP contribution in [-0.4, -0.2) is 30.5 Å². The molecular weight excluding hydrogens is 398 g/mol. The highest BCUT2D eigenvalue weighted by atomic mass is 19.2. The highest BCUT2D eigenvalue weighted by Crippen LogP contribution is 2.36. The number of ether oxygens (including phenoxy) is 1. The van der Waals surface area contributed by atoms with Gasteiger partial charge in [0.05, 0.1) is 13.2 Å². The fraction of sp³-hybridized carbons (Fsp3) is 0.480. The Kier molecular flexibility index (Phi) is 6.86. The van der Waals surface area contributed by atoms with Crippen LogP contribution in [0, 0.1) is 17.6 Å². The number of benzene rings is 2. The Morgan fingerprint density at radius 3 is 2.48 bits per heavy atom. The molecule has 1 heterocycles. The van der Waals surface area contributed by atoms with E-state index in [2.05, 4.69) is 17.4 Å². The molecule has 6 heteroatoms. The number of rotatable bonds is 6. The number of hydrogen-bond acceptors (Lipinski definition) is 3. The number of halogens is 2. The molecular formula is C25H30F2N2O2. The van der Waals surface area contributed by atoms with Crippen molar-refractivity contribution in [3.05, 3.63) is 65.2 Å². The van der Waals surface area contributed by atoms with Gasteiger partial charge in [-0.25, -0.2) is 8.78 Å². The number of nitrogens with zero attached hydrogens (tertiary/aromatic N) is 1. The lowest BCUT2D eigenvalue weighted by Gasteiger charge is -2.33. The van der Waals surface area contributed by atoms with Gasteiger partial charge in [-0.3, -0.25) is 4.79 Å². The molecule has 1 amide bonds.